The molecule has 2 aliphatic rings. The van der Waals surface area contributed by atoms with Gasteiger partial charge in [0, 0.05) is 23.5 Å². The Bertz CT molecular complexity index is 1050. The Kier molecular flexibility index (Phi) is 5.58. The normalized spacial score (nSPS) is 17.8. The first-order valence-electron chi connectivity index (χ1n) is 10.7. The van der Waals surface area contributed by atoms with Crippen molar-refractivity contribution in [3.05, 3.63) is 46.1 Å². The molecule has 2 aromatic heterocycles. The number of anilines is 1. The zero-order valence-corrected chi connectivity index (χ0v) is 18.4. The highest BCUT2D eigenvalue weighted by Gasteiger charge is 2.24. The van der Waals surface area contributed by atoms with Crippen LogP contribution in [0, 0.1) is 0 Å². The van der Waals surface area contributed by atoms with Gasteiger partial charge in [-0.2, -0.15) is 0 Å². The number of benzene rings is 1. The second kappa shape index (κ2) is 8.49. The number of hydrogen-bond acceptors (Lipinski definition) is 7. The van der Waals surface area contributed by atoms with Crippen molar-refractivity contribution in [1.29, 1.82) is 0 Å². The maximum absolute atomic E-state index is 5.59. The molecule has 3 aromatic rings. The lowest BCUT2D eigenvalue weighted by atomic mass is 10.1. The second-order valence-electron chi connectivity index (χ2n) is 8.02. The summed E-state index contributed by atoms with van der Waals surface area (Å²) in [5.74, 6) is 2.74. The van der Waals surface area contributed by atoms with Gasteiger partial charge in [-0.3, -0.25) is 4.90 Å². The number of methoxy groups -OCH3 is 1. The lowest BCUT2D eigenvalue weighted by Crippen LogP contribution is -2.36. The molecular formula is C23H28N4O2S. The highest BCUT2D eigenvalue weighted by molar-refractivity contribution is 7.19. The fourth-order valence-corrected chi connectivity index (χ4v) is 5.76. The Morgan fingerprint density at radius 3 is 2.87 bits per heavy atom. The van der Waals surface area contributed by atoms with E-state index in [1.54, 1.807) is 7.11 Å². The summed E-state index contributed by atoms with van der Waals surface area (Å²) in [6, 6.07) is 8.26. The van der Waals surface area contributed by atoms with E-state index in [1.807, 2.05) is 23.5 Å². The number of ether oxygens (including phenoxy) is 2. The monoisotopic (exact) mass is 424 g/mol. The quantitative estimate of drug-likeness (QED) is 0.640. The molecule has 1 aliphatic carbocycles. The maximum atomic E-state index is 5.59. The smallest absolute Gasteiger partial charge is 0.146 e. The predicted octanol–water partition coefficient (Wildman–Crippen LogP) is 4.19. The predicted molar refractivity (Wildman–Crippen MR) is 121 cm³/mol. The van der Waals surface area contributed by atoms with Gasteiger partial charge in [0.25, 0.3) is 0 Å². The van der Waals surface area contributed by atoms with Gasteiger partial charge in [-0.15, -0.1) is 11.3 Å². The zero-order valence-electron chi connectivity index (χ0n) is 17.6. The molecule has 1 aromatic carbocycles. The zero-order chi connectivity index (χ0) is 20.5. The molecule has 1 saturated heterocycles. The first-order chi connectivity index (χ1) is 14.7. The molecule has 1 N–H and O–H groups in total. The van der Waals surface area contributed by atoms with Crippen LogP contribution in [0.2, 0.25) is 0 Å². The lowest BCUT2D eigenvalue weighted by Gasteiger charge is -2.26. The largest absolute Gasteiger partial charge is 0.496 e. The number of morpholine rings is 1. The SMILES string of the molecule is COc1ccccc1C(C)Nc1nc(CN2CCOCC2)nc2sc3c(c12)CCC3. The summed E-state index contributed by atoms with van der Waals surface area (Å²) >= 11 is 1.85. The van der Waals surface area contributed by atoms with Crippen LogP contribution >= 0.6 is 11.3 Å². The number of para-hydroxylation sites is 1. The van der Waals surface area contributed by atoms with E-state index in [2.05, 4.69) is 29.3 Å². The molecule has 6 nitrogen and oxygen atoms in total. The number of fused-ring (bicyclic) bond motifs is 3. The van der Waals surface area contributed by atoms with Crippen LogP contribution in [0.4, 0.5) is 5.82 Å². The Hall–Kier alpha value is -2.22. The van der Waals surface area contributed by atoms with Crippen LogP contribution in [0.1, 0.15) is 41.2 Å². The van der Waals surface area contributed by atoms with Crippen LogP contribution in [0.3, 0.4) is 0 Å². The molecule has 1 unspecified atom stereocenters. The third-order valence-corrected chi connectivity index (χ3v) is 7.22. The van der Waals surface area contributed by atoms with Crippen LogP contribution < -0.4 is 10.1 Å². The van der Waals surface area contributed by atoms with Crippen molar-refractivity contribution < 1.29 is 9.47 Å². The standard InChI is InChI=1S/C23H28N4O2S/c1-15(16-6-3-4-8-18(16)28-2)24-22-21-17-7-5-9-19(17)30-23(21)26-20(25-22)14-27-10-12-29-13-11-27/h3-4,6,8,15H,5,7,9-14H2,1-2H3,(H,24,25,26). The van der Waals surface area contributed by atoms with E-state index in [9.17, 15) is 0 Å². The number of hydrogen-bond donors (Lipinski definition) is 1. The molecule has 0 amide bonds. The van der Waals surface area contributed by atoms with Crippen molar-refractivity contribution in [2.45, 2.75) is 38.8 Å². The molecule has 1 fully saturated rings. The number of thiophene rings is 1. The van der Waals surface area contributed by atoms with E-state index in [-0.39, 0.29) is 6.04 Å². The van der Waals surface area contributed by atoms with Gasteiger partial charge in [-0.25, -0.2) is 9.97 Å². The highest BCUT2D eigenvalue weighted by atomic mass is 32.1. The van der Waals surface area contributed by atoms with Crippen molar-refractivity contribution in [2.75, 3.05) is 38.7 Å². The van der Waals surface area contributed by atoms with E-state index in [1.165, 1.54) is 22.2 Å². The molecule has 3 heterocycles. The number of aromatic nitrogens is 2. The molecule has 7 heteroatoms. The second-order valence-corrected chi connectivity index (χ2v) is 9.11. The van der Waals surface area contributed by atoms with Crippen molar-refractivity contribution in [2.24, 2.45) is 0 Å². The minimum absolute atomic E-state index is 0.0763. The summed E-state index contributed by atoms with van der Waals surface area (Å²) in [6.07, 6.45) is 3.52. The summed E-state index contributed by atoms with van der Waals surface area (Å²) in [7, 11) is 1.72. The van der Waals surface area contributed by atoms with Crippen LogP contribution in [0.5, 0.6) is 5.75 Å². The van der Waals surface area contributed by atoms with E-state index in [4.69, 9.17) is 19.4 Å². The van der Waals surface area contributed by atoms with Gasteiger partial charge in [-0.05, 0) is 37.8 Å². The molecule has 0 saturated carbocycles. The average Bonchev–Trinajstić information content (AvgIpc) is 3.35. The lowest BCUT2D eigenvalue weighted by molar-refractivity contribution is 0.0331. The van der Waals surface area contributed by atoms with E-state index in [0.29, 0.717) is 0 Å². The first-order valence-corrected chi connectivity index (χ1v) is 11.6. The van der Waals surface area contributed by atoms with E-state index in [0.717, 1.165) is 73.5 Å². The Labute approximate surface area is 181 Å². The Morgan fingerprint density at radius 1 is 1.20 bits per heavy atom. The number of nitrogens with zero attached hydrogens (tertiary/aromatic N) is 3. The van der Waals surface area contributed by atoms with Crippen molar-refractivity contribution in [3.8, 4) is 5.75 Å². The van der Waals surface area contributed by atoms with Crippen molar-refractivity contribution in [1.82, 2.24) is 14.9 Å². The number of aryl methyl sites for hydroxylation is 2. The molecule has 0 bridgehead atoms. The summed E-state index contributed by atoms with van der Waals surface area (Å²) < 4.78 is 11.1. The highest BCUT2D eigenvalue weighted by Crippen LogP contribution is 2.40. The van der Waals surface area contributed by atoms with Gasteiger partial charge in [-0.1, -0.05) is 18.2 Å². The number of rotatable bonds is 6. The van der Waals surface area contributed by atoms with Gasteiger partial charge < -0.3 is 14.8 Å². The van der Waals surface area contributed by atoms with Crippen LogP contribution in [-0.4, -0.2) is 48.3 Å². The Balaban J connectivity index is 1.51. The van der Waals surface area contributed by atoms with Crippen LogP contribution in [0.25, 0.3) is 10.2 Å². The van der Waals surface area contributed by atoms with Gasteiger partial charge in [0.1, 0.15) is 22.2 Å². The van der Waals surface area contributed by atoms with E-state index < -0.39 is 0 Å². The third kappa shape index (κ3) is 3.77. The molecule has 5 rings (SSSR count). The minimum atomic E-state index is 0.0763. The molecule has 30 heavy (non-hydrogen) atoms. The molecule has 0 spiro atoms. The van der Waals surface area contributed by atoms with Gasteiger partial charge in [0.05, 0.1) is 38.3 Å². The van der Waals surface area contributed by atoms with E-state index >= 15 is 0 Å². The summed E-state index contributed by atoms with van der Waals surface area (Å²) in [4.78, 5) is 15.0. The van der Waals surface area contributed by atoms with Gasteiger partial charge in [0.15, 0.2) is 0 Å². The van der Waals surface area contributed by atoms with Crippen LogP contribution in [-0.2, 0) is 24.1 Å². The molecule has 0 radical (unpaired) electrons. The summed E-state index contributed by atoms with van der Waals surface area (Å²) in [5, 5.41) is 4.92. The van der Waals surface area contributed by atoms with Crippen LogP contribution in [0.15, 0.2) is 24.3 Å². The summed E-state index contributed by atoms with van der Waals surface area (Å²) in [5.41, 5.74) is 2.58. The average molecular weight is 425 g/mol. The topological polar surface area (TPSA) is 59.5 Å². The summed E-state index contributed by atoms with van der Waals surface area (Å²) in [6.45, 7) is 6.36. The molecule has 1 atom stereocenters. The molecule has 158 valence electrons. The molecule has 1 aliphatic heterocycles. The fourth-order valence-electron chi connectivity index (χ4n) is 4.48. The minimum Gasteiger partial charge on any atom is -0.496 e. The fraction of sp³-hybridized carbons (Fsp3) is 0.478. The molecular weight excluding hydrogens is 396 g/mol. The third-order valence-electron chi connectivity index (χ3n) is 6.04. The number of nitrogens with one attached hydrogen (secondary N) is 1. The van der Waals surface area contributed by atoms with Crippen molar-refractivity contribution >= 4 is 27.4 Å². The van der Waals surface area contributed by atoms with Crippen molar-refractivity contribution in [3.63, 3.8) is 0 Å². The maximum Gasteiger partial charge on any atom is 0.146 e. The van der Waals surface area contributed by atoms with Gasteiger partial charge >= 0.3 is 0 Å². The Morgan fingerprint density at radius 2 is 2.03 bits per heavy atom. The first kappa shape index (κ1) is 19.7. The van der Waals surface area contributed by atoms with Gasteiger partial charge in [0.2, 0.25) is 0 Å².